The van der Waals surface area contributed by atoms with Gasteiger partial charge in [-0.1, -0.05) is 11.3 Å². The van der Waals surface area contributed by atoms with Gasteiger partial charge in [0, 0.05) is 27.2 Å². The number of imidazole rings is 1. The largest absolute Gasteiger partial charge is 0.462 e. The Hall–Kier alpha value is -3.84. The van der Waals surface area contributed by atoms with Gasteiger partial charge in [0.1, 0.15) is 6.54 Å². The number of hydrogen-bond acceptors (Lipinski definition) is 8. The van der Waals surface area contributed by atoms with Gasteiger partial charge < -0.3 is 18.6 Å². The molecule has 0 aliphatic carbocycles. The monoisotopic (exact) mass is 514 g/mol. The molecule has 3 aromatic heterocycles. The highest BCUT2D eigenvalue weighted by Crippen LogP contribution is 2.20. The van der Waals surface area contributed by atoms with Crippen molar-refractivity contribution in [3.05, 3.63) is 55.7 Å². The number of fused-ring (bicyclic) bond motifs is 2. The lowest BCUT2D eigenvalue weighted by atomic mass is 10.2. The van der Waals surface area contributed by atoms with Crippen LogP contribution in [0, 0.1) is 0 Å². The molecule has 0 atom stereocenters. The highest BCUT2D eigenvalue weighted by Gasteiger charge is 2.17. The molecule has 0 unspecified atom stereocenters. The van der Waals surface area contributed by atoms with Crippen molar-refractivity contribution >= 4 is 44.6 Å². The SMILES string of the molecule is CCOCCn1c(=NC(=O)Cn2cnc3c2c(=O)n(C)c(=O)n3C)sc2cc(C(=O)OCC)ccc21. The topological polar surface area (TPSA) is 132 Å². The van der Waals surface area contributed by atoms with Gasteiger partial charge in [0.05, 0.1) is 35.3 Å². The average Bonchev–Trinajstić information content (AvgIpc) is 3.42. The smallest absolute Gasteiger partial charge is 0.338 e. The third-order valence-electron chi connectivity index (χ3n) is 5.60. The van der Waals surface area contributed by atoms with Gasteiger partial charge in [-0.25, -0.2) is 14.6 Å². The van der Waals surface area contributed by atoms with Gasteiger partial charge in [0.2, 0.25) is 0 Å². The number of esters is 1. The van der Waals surface area contributed by atoms with Crippen LogP contribution in [-0.4, -0.2) is 54.9 Å². The predicted molar refractivity (Wildman–Crippen MR) is 133 cm³/mol. The minimum atomic E-state index is -0.543. The van der Waals surface area contributed by atoms with Crippen LogP contribution in [-0.2, 0) is 41.5 Å². The Morgan fingerprint density at radius 1 is 1.11 bits per heavy atom. The van der Waals surface area contributed by atoms with Gasteiger partial charge in [-0.05, 0) is 32.0 Å². The molecule has 0 saturated carbocycles. The third-order valence-corrected chi connectivity index (χ3v) is 6.64. The zero-order valence-electron chi connectivity index (χ0n) is 20.4. The van der Waals surface area contributed by atoms with Gasteiger partial charge in [0.25, 0.3) is 11.5 Å². The van der Waals surface area contributed by atoms with Gasteiger partial charge in [-0.2, -0.15) is 4.99 Å². The maximum atomic E-state index is 13.0. The minimum Gasteiger partial charge on any atom is -0.462 e. The summed E-state index contributed by atoms with van der Waals surface area (Å²) >= 11 is 1.26. The highest BCUT2D eigenvalue weighted by atomic mass is 32.1. The summed E-state index contributed by atoms with van der Waals surface area (Å²) in [6, 6.07) is 5.18. The molecule has 0 N–H and O–H groups in total. The Morgan fingerprint density at radius 2 is 1.89 bits per heavy atom. The fourth-order valence-corrected chi connectivity index (χ4v) is 4.93. The van der Waals surface area contributed by atoms with E-state index in [1.54, 1.807) is 25.1 Å². The number of nitrogens with zero attached hydrogens (tertiary/aromatic N) is 6. The molecular weight excluding hydrogens is 488 g/mol. The molecule has 1 aromatic carbocycles. The molecule has 190 valence electrons. The molecular formula is C23H26N6O6S. The molecule has 0 radical (unpaired) electrons. The van der Waals surface area contributed by atoms with Crippen molar-refractivity contribution in [2.45, 2.75) is 26.9 Å². The van der Waals surface area contributed by atoms with E-state index in [2.05, 4.69) is 9.98 Å². The lowest BCUT2D eigenvalue weighted by molar-refractivity contribution is -0.118. The Balaban J connectivity index is 1.75. The van der Waals surface area contributed by atoms with Crippen LogP contribution >= 0.6 is 11.3 Å². The summed E-state index contributed by atoms with van der Waals surface area (Å²) in [5.41, 5.74) is 0.497. The van der Waals surface area contributed by atoms with Gasteiger partial charge in [-0.3, -0.25) is 18.7 Å². The zero-order valence-corrected chi connectivity index (χ0v) is 21.2. The van der Waals surface area contributed by atoms with Crippen molar-refractivity contribution < 1.29 is 19.1 Å². The number of amides is 1. The number of ether oxygens (including phenoxy) is 2. The fraction of sp³-hybridized carbons (Fsp3) is 0.391. The lowest BCUT2D eigenvalue weighted by Crippen LogP contribution is -2.37. The van der Waals surface area contributed by atoms with Crippen LogP contribution in [0.25, 0.3) is 21.4 Å². The summed E-state index contributed by atoms with van der Waals surface area (Å²) in [5, 5.41) is 0. The van der Waals surface area contributed by atoms with Gasteiger partial charge >= 0.3 is 11.7 Å². The number of carbonyl (C=O) groups excluding carboxylic acids is 2. The van der Waals surface area contributed by atoms with Crippen molar-refractivity contribution in [3.8, 4) is 0 Å². The molecule has 0 saturated heterocycles. The maximum absolute atomic E-state index is 13.0. The van der Waals surface area contributed by atoms with E-state index in [0.29, 0.717) is 30.1 Å². The summed E-state index contributed by atoms with van der Waals surface area (Å²) < 4.78 is 16.8. The van der Waals surface area contributed by atoms with Crippen molar-refractivity contribution in [2.24, 2.45) is 19.1 Å². The van der Waals surface area contributed by atoms with Gasteiger partial charge in [-0.15, -0.1) is 0 Å². The average molecular weight is 515 g/mol. The molecule has 4 aromatic rings. The number of aryl methyl sites for hydroxylation is 1. The molecule has 4 rings (SSSR count). The van der Waals surface area contributed by atoms with E-state index in [4.69, 9.17) is 9.47 Å². The van der Waals surface area contributed by atoms with Crippen LogP contribution in [0.15, 0.2) is 39.1 Å². The number of hydrogen-bond donors (Lipinski definition) is 0. The Morgan fingerprint density at radius 3 is 2.61 bits per heavy atom. The lowest BCUT2D eigenvalue weighted by Gasteiger charge is -2.07. The summed E-state index contributed by atoms with van der Waals surface area (Å²) in [5.74, 6) is -0.932. The van der Waals surface area contributed by atoms with E-state index < -0.39 is 23.1 Å². The fourth-order valence-electron chi connectivity index (χ4n) is 3.82. The standard InChI is InChI=1S/C23H26N6O6S/c1-5-34-10-9-29-15-8-7-14(21(32)35-6-2)11-16(15)36-22(29)25-17(30)12-28-13-24-19-18(28)20(31)27(4)23(33)26(19)3/h7-8,11,13H,5-6,9-10,12H2,1-4H3. The zero-order chi connectivity index (χ0) is 26.0. The van der Waals surface area contributed by atoms with Crippen LogP contribution < -0.4 is 16.1 Å². The first-order chi connectivity index (χ1) is 17.3. The van der Waals surface area contributed by atoms with Crippen LogP contribution in [0.5, 0.6) is 0 Å². The van der Waals surface area contributed by atoms with Crippen molar-refractivity contribution in [1.82, 2.24) is 23.3 Å². The van der Waals surface area contributed by atoms with Crippen molar-refractivity contribution in [2.75, 3.05) is 19.8 Å². The van der Waals surface area contributed by atoms with E-state index in [9.17, 15) is 19.2 Å². The quantitative estimate of drug-likeness (QED) is 0.251. The van der Waals surface area contributed by atoms with Crippen LogP contribution in [0.4, 0.5) is 0 Å². The van der Waals surface area contributed by atoms with E-state index in [1.165, 1.54) is 40.9 Å². The first kappa shape index (κ1) is 25.3. The molecule has 0 bridgehead atoms. The molecule has 1 amide bonds. The second-order valence-corrected chi connectivity index (χ2v) is 8.90. The number of benzene rings is 1. The van der Waals surface area contributed by atoms with Gasteiger partial charge in [0.15, 0.2) is 16.0 Å². The van der Waals surface area contributed by atoms with E-state index >= 15 is 0 Å². The normalized spacial score (nSPS) is 12.1. The number of rotatable bonds is 8. The van der Waals surface area contributed by atoms with Crippen LogP contribution in [0.2, 0.25) is 0 Å². The van der Waals surface area contributed by atoms with Crippen molar-refractivity contribution in [1.29, 1.82) is 0 Å². The number of carbonyl (C=O) groups is 2. The minimum absolute atomic E-state index is 0.141. The summed E-state index contributed by atoms with van der Waals surface area (Å²) in [6.07, 6.45) is 1.35. The Bertz CT molecular complexity index is 1650. The number of aromatic nitrogens is 5. The Kier molecular flexibility index (Phi) is 7.31. The Labute approximate surface area is 208 Å². The first-order valence-corrected chi connectivity index (χ1v) is 12.1. The van der Waals surface area contributed by atoms with Crippen molar-refractivity contribution in [3.63, 3.8) is 0 Å². The van der Waals surface area contributed by atoms with E-state index in [-0.39, 0.29) is 24.3 Å². The molecule has 3 heterocycles. The second kappa shape index (κ2) is 10.4. The predicted octanol–water partition coefficient (Wildman–Crippen LogP) is 0.791. The second-order valence-electron chi connectivity index (χ2n) is 7.89. The molecule has 0 aliphatic rings. The van der Waals surface area contributed by atoms with E-state index in [0.717, 1.165) is 14.8 Å². The molecule has 0 spiro atoms. The van der Waals surface area contributed by atoms with E-state index in [1.807, 2.05) is 11.5 Å². The number of thiazole rings is 1. The molecule has 0 aliphatic heterocycles. The molecule has 13 heteroatoms. The summed E-state index contributed by atoms with van der Waals surface area (Å²) in [6.45, 7) is 5.08. The van der Waals surface area contributed by atoms with Crippen LogP contribution in [0.1, 0.15) is 24.2 Å². The molecule has 12 nitrogen and oxygen atoms in total. The first-order valence-electron chi connectivity index (χ1n) is 11.3. The molecule has 36 heavy (non-hydrogen) atoms. The highest BCUT2D eigenvalue weighted by molar-refractivity contribution is 7.16. The third kappa shape index (κ3) is 4.66. The van der Waals surface area contributed by atoms with Crippen LogP contribution in [0.3, 0.4) is 0 Å². The summed E-state index contributed by atoms with van der Waals surface area (Å²) in [4.78, 5) is 58.9. The molecule has 0 fully saturated rings. The summed E-state index contributed by atoms with van der Waals surface area (Å²) in [7, 11) is 2.88. The maximum Gasteiger partial charge on any atom is 0.338 e.